The largest absolute Gasteiger partial charge is 0.398 e. The van der Waals surface area contributed by atoms with E-state index in [1.54, 1.807) is 0 Å². The van der Waals surface area contributed by atoms with Crippen LogP contribution in [0.15, 0.2) is 60.7 Å². The summed E-state index contributed by atoms with van der Waals surface area (Å²) in [6.45, 7) is 1.84. The van der Waals surface area contributed by atoms with Gasteiger partial charge in [-0.1, -0.05) is 48.5 Å². The molecule has 0 bridgehead atoms. The maximum absolute atomic E-state index is 6.10. The van der Waals surface area contributed by atoms with Crippen LogP contribution >= 0.6 is 0 Å². The van der Waals surface area contributed by atoms with Crippen LogP contribution in [-0.4, -0.2) is 0 Å². The number of hydrogen-bond donors (Lipinski definition) is 1. The van der Waals surface area contributed by atoms with Crippen LogP contribution < -0.4 is 10.6 Å². The van der Waals surface area contributed by atoms with Crippen molar-refractivity contribution in [3.05, 3.63) is 71.8 Å². The molecule has 2 nitrogen and oxygen atoms in total. The average molecular weight is 260 g/mol. The summed E-state index contributed by atoms with van der Waals surface area (Å²) in [6.07, 6.45) is 0. The Morgan fingerprint density at radius 1 is 0.800 bits per heavy atom. The predicted octanol–water partition coefficient (Wildman–Crippen LogP) is 3.94. The molecule has 0 radical (unpaired) electrons. The van der Waals surface area contributed by atoms with E-state index < -0.39 is 0 Å². The molecular formula is C18H16N2. The van der Waals surface area contributed by atoms with Crippen LogP contribution in [0.2, 0.25) is 0 Å². The lowest BCUT2D eigenvalue weighted by molar-refractivity contribution is 0.886. The van der Waals surface area contributed by atoms with Gasteiger partial charge >= 0.3 is 0 Å². The SMILES string of the molecule is Nc1cccc2c1CN(c1cccc3ccccc13)C2. The Labute approximate surface area is 118 Å². The zero-order valence-corrected chi connectivity index (χ0v) is 11.2. The highest BCUT2D eigenvalue weighted by Crippen LogP contribution is 2.35. The summed E-state index contributed by atoms with van der Waals surface area (Å²) >= 11 is 0. The van der Waals surface area contributed by atoms with E-state index in [1.165, 1.54) is 27.6 Å². The lowest BCUT2D eigenvalue weighted by Crippen LogP contribution is -2.14. The molecule has 2 N–H and O–H groups in total. The van der Waals surface area contributed by atoms with Crippen LogP contribution in [0.5, 0.6) is 0 Å². The van der Waals surface area contributed by atoms with Gasteiger partial charge in [-0.3, -0.25) is 0 Å². The number of fused-ring (bicyclic) bond motifs is 2. The molecule has 2 heteroatoms. The summed E-state index contributed by atoms with van der Waals surface area (Å²) in [5.74, 6) is 0. The smallest absolute Gasteiger partial charge is 0.0457 e. The number of rotatable bonds is 1. The standard InChI is InChI=1S/C18H16N2/c19-17-9-3-7-14-11-20(12-16(14)17)18-10-4-6-13-5-1-2-8-15(13)18/h1-10H,11-12,19H2. The monoisotopic (exact) mass is 260 g/mol. The van der Waals surface area contributed by atoms with Gasteiger partial charge in [-0.05, 0) is 28.6 Å². The molecule has 0 saturated carbocycles. The van der Waals surface area contributed by atoms with Gasteiger partial charge in [0.2, 0.25) is 0 Å². The zero-order valence-electron chi connectivity index (χ0n) is 11.2. The van der Waals surface area contributed by atoms with Crippen molar-refractivity contribution in [1.29, 1.82) is 0 Å². The first-order valence-electron chi connectivity index (χ1n) is 6.92. The Morgan fingerprint density at radius 3 is 2.50 bits per heavy atom. The highest BCUT2D eigenvalue weighted by atomic mass is 15.1. The highest BCUT2D eigenvalue weighted by molar-refractivity contribution is 5.94. The fourth-order valence-corrected chi connectivity index (χ4v) is 3.10. The molecule has 0 aromatic heterocycles. The average Bonchev–Trinajstić information content (AvgIpc) is 2.92. The van der Waals surface area contributed by atoms with Gasteiger partial charge in [0.05, 0.1) is 0 Å². The highest BCUT2D eigenvalue weighted by Gasteiger charge is 2.21. The minimum absolute atomic E-state index is 0.899. The van der Waals surface area contributed by atoms with Gasteiger partial charge in [-0.15, -0.1) is 0 Å². The summed E-state index contributed by atoms with van der Waals surface area (Å²) in [5.41, 5.74) is 10.9. The lowest BCUT2D eigenvalue weighted by atomic mass is 10.1. The van der Waals surface area contributed by atoms with Gasteiger partial charge in [-0.2, -0.15) is 0 Å². The van der Waals surface area contributed by atoms with Crippen LogP contribution in [0.4, 0.5) is 11.4 Å². The molecular weight excluding hydrogens is 244 g/mol. The number of nitrogens with two attached hydrogens (primary N) is 1. The van der Waals surface area contributed by atoms with Gasteiger partial charge in [0.25, 0.3) is 0 Å². The Kier molecular flexibility index (Phi) is 2.43. The first kappa shape index (κ1) is 11.4. The van der Waals surface area contributed by atoms with E-state index in [-0.39, 0.29) is 0 Å². The second-order valence-corrected chi connectivity index (χ2v) is 5.34. The Morgan fingerprint density at radius 2 is 1.60 bits per heavy atom. The number of nitrogens with zero attached hydrogens (tertiary/aromatic N) is 1. The van der Waals surface area contributed by atoms with Crippen LogP contribution in [0, 0.1) is 0 Å². The van der Waals surface area contributed by atoms with Gasteiger partial charge in [-0.25, -0.2) is 0 Å². The molecule has 1 aliphatic rings. The molecule has 1 aliphatic heterocycles. The summed E-state index contributed by atoms with van der Waals surface area (Å²) in [6, 6.07) is 21.2. The molecule has 0 unspecified atom stereocenters. The zero-order chi connectivity index (χ0) is 13.5. The minimum atomic E-state index is 0.899. The summed E-state index contributed by atoms with van der Waals surface area (Å²) in [7, 11) is 0. The van der Waals surface area contributed by atoms with Crippen molar-refractivity contribution < 1.29 is 0 Å². The maximum atomic E-state index is 6.10. The number of nitrogen functional groups attached to an aromatic ring is 1. The topological polar surface area (TPSA) is 29.3 Å². The van der Waals surface area contributed by atoms with Crippen molar-refractivity contribution in [2.45, 2.75) is 13.1 Å². The number of hydrogen-bond acceptors (Lipinski definition) is 2. The molecule has 3 aromatic rings. The van der Waals surface area contributed by atoms with Gasteiger partial charge < -0.3 is 10.6 Å². The first-order valence-corrected chi connectivity index (χ1v) is 6.92. The lowest BCUT2D eigenvalue weighted by Gasteiger charge is -2.20. The molecule has 0 atom stereocenters. The summed E-state index contributed by atoms with van der Waals surface area (Å²) in [5, 5.41) is 2.59. The van der Waals surface area contributed by atoms with Crippen LogP contribution in [0.1, 0.15) is 11.1 Å². The molecule has 20 heavy (non-hydrogen) atoms. The van der Waals surface area contributed by atoms with E-state index in [1.807, 2.05) is 12.1 Å². The van der Waals surface area contributed by atoms with Crippen molar-refractivity contribution >= 4 is 22.1 Å². The molecule has 4 rings (SSSR count). The van der Waals surface area contributed by atoms with Gasteiger partial charge in [0.15, 0.2) is 0 Å². The van der Waals surface area contributed by atoms with Crippen molar-refractivity contribution in [2.75, 3.05) is 10.6 Å². The normalized spacial score (nSPS) is 13.7. The Balaban J connectivity index is 1.81. The number of benzene rings is 3. The molecule has 3 aromatic carbocycles. The second-order valence-electron chi connectivity index (χ2n) is 5.34. The third-order valence-corrected chi connectivity index (χ3v) is 4.13. The van der Waals surface area contributed by atoms with Crippen molar-refractivity contribution in [3.8, 4) is 0 Å². The van der Waals surface area contributed by atoms with E-state index in [0.717, 1.165) is 18.8 Å². The van der Waals surface area contributed by atoms with Crippen LogP contribution in [0.25, 0.3) is 10.8 Å². The van der Waals surface area contributed by atoms with Gasteiger partial charge in [0, 0.05) is 29.9 Å². The van der Waals surface area contributed by atoms with Crippen LogP contribution in [0.3, 0.4) is 0 Å². The summed E-state index contributed by atoms with van der Waals surface area (Å²) < 4.78 is 0. The third kappa shape index (κ3) is 1.65. The quantitative estimate of drug-likeness (QED) is 0.671. The fourth-order valence-electron chi connectivity index (χ4n) is 3.10. The molecule has 0 amide bonds. The van der Waals surface area contributed by atoms with Crippen molar-refractivity contribution in [3.63, 3.8) is 0 Å². The molecule has 98 valence electrons. The first-order chi connectivity index (χ1) is 9.83. The van der Waals surface area contributed by atoms with E-state index >= 15 is 0 Å². The molecule has 0 fully saturated rings. The second kappa shape index (κ2) is 4.27. The molecule has 0 aliphatic carbocycles. The molecule has 0 spiro atoms. The van der Waals surface area contributed by atoms with Crippen molar-refractivity contribution in [2.24, 2.45) is 0 Å². The Hall–Kier alpha value is -2.48. The van der Waals surface area contributed by atoms with E-state index in [9.17, 15) is 0 Å². The maximum Gasteiger partial charge on any atom is 0.0457 e. The van der Waals surface area contributed by atoms with Crippen LogP contribution in [-0.2, 0) is 13.1 Å². The van der Waals surface area contributed by atoms with E-state index in [4.69, 9.17) is 5.73 Å². The van der Waals surface area contributed by atoms with Crippen molar-refractivity contribution in [1.82, 2.24) is 0 Å². The predicted molar refractivity (Wildman–Crippen MR) is 84.7 cm³/mol. The van der Waals surface area contributed by atoms with E-state index in [2.05, 4.69) is 53.4 Å². The third-order valence-electron chi connectivity index (χ3n) is 4.13. The Bertz CT molecular complexity index is 787. The fraction of sp³-hybridized carbons (Fsp3) is 0.111. The molecule has 1 heterocycles. The van der Waals surface area contributed by atoms with Gasteiger partial charge in [0.1, 0.15) is 0 Å². The van der Waals surface area contributed by atoms with E-state index in [0.29, 0.717) is 0 Å². The number of anilines is 2. The minimum Gasteiger partial charge on any atom is -0.398 e. The molecule has 0 saturated heterocycles. The summed E-state index contributed by atoms with van der Waals surface area (Å²) in [4.78, 5) is 2.41.